The first-order valence-electron chi connectivity index (χ1n) is 8.03. The van der Waals surface area contributed by atoms with Crippen LogP contribution in [0.3, 0.4) is 0 Å². The van der Waals surface area contributed by atoms with Crippen molar-refractivity contribution in [3.63, 3.8) is 0 Å². The van der Waals surface area contributed by atoms with Gasteiger partial charge in [-0.05, 0) is 38.5 Å². The Balaban J connectivity index is 1.77. The Labute approximate surface area is 140 Å². The minimum absolute atomic E-state index is 0.0405. The molecule has 1 N–H and O–H groups in total. The molecule has 1 aliphatic rings. The number of aryl methyl sites for hydroxylation is 1. The third-order valence-corrected chi connectivity index (χ3v) is 4.01. The molecule has 0 unspecified atom stereocenters. The van der Waals surface area contributed by atoms with Crippen LogP contribution in [0, 0.1) is 6.92 Å². The maximum Gasteiger partial charge on any atom is 0.271 e. The quantitative estimate of drug-likeness (QED) is 0.923. The average Bonchev–Trinajstić information content (AvgIpc) is 2.97. The summed E-state index contributed by atoms with van der Waals surface area (Å²) in [6, 6.07) is 3.64. The van der Waals surface area contributed by atoms with E-state index in [-0.39, 0.29) is 17.9 Å². The lowest BCUT2D eigenvalue weighted by molar-refractivity contribution is 0.0704. The summed E-state index contributed by atoms with van der Waals surface area (Å²) in [5.41, 5.74) is 2.78. The Hall–Kier alpha value is -2.70. The lowest BCUT2D eigenvalue weighted by atomic mass is 10.1. The van der Waals surface area contributed by atoms with E-state index in [0.29, 0.717) is 30.9 Å². The van der Waals surface area contributed by atoms with Crippen molar-refractivity contribution in [2.24, 2.45) is 0 Å². The first-order valence-corrected chi connectivity index (χ1v) is 8.03. The lowest BCUT2D eigenvalue weighted by Gasteiger charge is -2.28. The number of fused-ring (bicyclic) bond motifs is 1. The van der Waals surface area contributed by atoms with Crippen molar-refractivity contribution in [2.45, 2.75) is 39.9 Å². The third kappa shape index (κ3) is 3.15. The lowest BCUT2D eigenvalue weighted by Crippen LogP contribution is -2.38. The van der Waals surface area contributed by atoms with Crippen LogP contribution in [0.1, 0.15) is 46.0 Å². The van der Waals surface area contributed by atoms with Gasteiger partial charge in [-0.3, -0.25) is 19.3 Å². The van der Waals surface area contributed by atoms with Gasteiger partial charge in [-0.1, -0.05) is 0 Å². The van der Waals surface area contributed by atoms with E-state index in [2.05, 4.69) is 15.4 Å². The van der Waals surface area contributed by atoms with Crippen LogP contribution < -0.4 is 5.32 Å². The molecule has 0 atom stereocenters. The minimum atomic E-state index is -0.187. The summed E-state index contributed by atoms with van der Waals surface area (Å²) >= 11 is 0. The predicted molar refractivity (Wildman–Crippen MR) is 88.5 cm³/mol. The molecule has 24 heavy (non-hydrogen) atoms. The number of carbonyl (C=O) groups is 2. The second-order valence-corrected chi connectivity index (χ2v) is 6.29. The van der Waals surface area contributed by atoms with Crippen molar-refractivity contribution >= 4 is 11.8 Å². The zero-order valence-corrected chi connectivity index (χ0v) is 14.1. The zero-order valence-electron chi connectivity index (χ0n) is 14.1. The fourth-order valence-electron chi connectivity index (χ4n) is 2.75. The van der Waals surface area contributed by atoms with Crippen molar-refractivity contribution in [2.75, 3.05) is 6.54 Å². The molecule has 0 radical (unpaired) electrons. The molecule has 0 saturated heterocycles. The topological polar surface area (TPSA) is 80.1 Å². The van der Waals surface area contributed by atoms with Gasteiger partial charge in [0.2, 0.25) is 0 Å². The number of rotatable bonds is 3. The van der Waals surface area contributed by atoms with Gasteiger partial charge in [-0.15, -0.1) is 0 Å². The van der Waals surface area contributed by atoms with Crippen molar-refractivity contribution in [3.8, 4) is 0 Å². The van der Waals surface area contributed by atoms with Crippen LogP contribution in [0.2, 0.25) is 0 Å². The van der Waals surface area contributed by atoms with E-state index < -0.39 is 0 Å². The molecule has 1 aliphatic heterocycles. The highest BCUT2D eigenvalue weighted by Gasteiger charge is 2.25. The number of amides is 2. The highest BCUT2D eigenvalue weighted by molar-refractivity contribution is 5.95. The normalized spacial score (nSPS) is 13.8. The number of carbonyl (C=O) groups excluding carboxylic acids is 2. The highest BCUT2D eigenvalue weighted by atomic mass is 16.2. The van der Waals surface area contributed by atoms with Gasteiger partial charge in [0.25, 0.3) is 11.8 Å². The van der Waals surface area contributed by atoms with E-state index >= 15 is 0 Å². The third-order valence-electron chi connectivity index (χ3n) is 4.01. The molecule has 0 fully saturated rings. The van der Waals surface area contributed by atoms with E-state index in [4.69, 9.17) is 0 Å². The Morgan fingerprint density at radius 3 is 2.79 bits per heavy atom. The summed E-state index contributed by atoms with van der Waals surface area (Å²) in [7, 11) is 0. The first kappa shape index (κ1) is 16.2. The summed E-state index contributed by atoms with van der Waals surface area (Å²) in [5.74, 6) is -0.228. The van der Waals surface area contributed by atoms with Gasteiger partial charge in [0.1, 0.15) is 0 Å². The summed E-state index contributed by atoms with van der Waals surface area (Å²) in [6.07, 6.45) is 3.28. The van der Waals surface area contributed by atoms with Crippen LogP contribution in [0.5, 0.6) is 0 Å². The van der Waals surface area contributed by atoms with Crippen LogP contribution in [0.25, 0.3) is 0 Å². The standard InChI is InChI=1S/C17H21N5O2/c1-11(2)19-16(23)15-8-13-10-21(6-7-22(13)20-15)17(24)14-9-18-5-4-12(14)3/h4-5,8-9,11H,6-7,10H2,1-3H3,(H,19,23). The largest absolute Gasteiger partial charge is 0.348 e. The van der Waals surface area contributed by atoms with Crippen LogP contribution in [0.15, 0.2) is 24.5 Å². The second-order valence-electron chi connectivity index (χ2n) is 6.29. The van der Waals surface area contributed by atoms with Crippen LogP contribution in [0.4, 0.5) is 0 Å². The molecule has 0 bridgehead atoms. The number of hydrogen-bond acceptors (Lipinski definition) is 4. The number of hydrogen-bond donors (Lipinski definition) is 1. The average molecular weight is 327 g/mol. The van der Waals surface area contributed by atoms with E-state index in [1.165, 1.54) is 0 Å². The molecule has 0 spiro atoms. The molecular weight excluding hydrogens is 306 g/mol. The summed E-state index contributed by atoms with van der Waals surface area (Å²) in [6.45, 7) is 7.30. The van der Waals surface area contributed by atoms with Crippen molar-refractivity contribution < 1.29 is 9.59 Å². The van der Waals surface area contributed by atoms with Crippen LogP contribution in [-0.4, -0.2) is 44.1 Å². The molecule has 2 aromatic heterocycles. The maximum absolute atomic E-state index is 12.7. The molecule has 3 rings (SSSR count). The van der Waals surface area contributed by atoms with Crippen molar-refractivity contribution in [1.82, 2.24) is 25.0 Å². The van der Waals surface area contributed by atoms with E-state index in [0.717, 1.165) is 11.3 Å². The highest BCUT2D eigenvalue weighted by Crippen LogP contribution is 2.17. The number of pyridine rings is 1. The Morgan fingerprint density at radius 1 is 1.29 bits per heavy atom. The van der Waals surface area contributed by atoms with E-state index in [9.17, 15) is 9.59 Å². The Morgan fingerprint density at radius 2 is 2.08 bits per heavy atom. The molecule has 3 heterocycles. The minimum Gasteiger partial charge on any atom is -0.348 e. The van der Waals surface area contributed by atoms with Crippen LogP contribution in [-0.2, 0) is 13.1 Å². The fraction of sp³-hybridized carbons (Fsp3) is 0.412. The summed E-state index contributed by atoms with van der Waals surface area (Å²) < 4.78 is 1.80. The molecule has 2 amide bonds. The van der Waals surface area contributed by atoms with Gasteiger partial charge in [0.05, 0.1) is 24.3 Å². The number of nitrogens with one attached hydrogen (secondary N) is 1. The molecule has 7 nitrogen and oxygen atoms in total. The van der Waals surface area contributed by atoms with Gasteiger partial charge < -0.3 is 10.2 Å². The molecule has 0 saturated carbocycles. The first-order chi connectivity index (χ1) is 11.5. The van der Waals surface area contributed by atoms with Crippen LogP contribution >= 0.6 is 0 Å². The van der Waals surface area contributed by atoms with Gasteiger partial charge in [-0.2, -0.15) is 5.10 Å². The summed E-state index contributed by atoms with van der Waals surface area (Å²) in [5, 5.41) is 7.17. The molecule has 2 aromatic rings. The number of aromatic nitrogens is 3. The summed E-state index contributed by atoms with van der Waals surface area (Å²) in [4.78, 5) is 30.6. The van der Waals surface area contributed by atoms with Gasteiger partial charge in [0.15, 0.2) is 5.69 Å². The predicted octanol–water partition coefficient (Wildman–Crippen LogP) is 1.38. The van der Waals surface area contributed by atoms with E-state index in [1.54, 1.807) is 28.0 Å². The smallest absolute Gasteiger partial charge is 0.271 e. The molecule has 0 aromatic carbocycles. The zero-order chi connectivity index (χ0) is 17.3. The maximum atomic E-state index is 12.7. The molecule has 0 aliphatic carbocycles. The van der Waals surface area contributed by atoms with E-state index in [1.807, 2.05) is 26.8 Å². The fourth-order valence-corrected chi connectivity index (χ4v) is 2.75. The van der Waals surface area contributed by atoms with Gasteiger partial charge >= 0.3 is 0 Å². The Kier molecular flexibility index (Phi) is 4.33. The molecule has 7 heteroatoms. The monoisotopic (exact) mass is 327 g/mol. The Bertz CT molecular complexity index is 781. The second kappa shape index (κ2) is 6.43. The van der Waals surface area contributed by atoms with Gasteiger partial charge in [0, 0.05) is 25.0 Å². The molecular formula is C17H21N5O2. The van der Waals surface area contributed by atoms with Crippen molar-refractivity contribution in [1.29, 1.82) is 0 Å². The number of nitrogens with zero attached hydrogens (tertiary/aromatic N) is 4. The van der Waals surface area contributed by atoms with Crippen molar-refractivity contribution in [3.05, 3.63) is 47.0 Å². The van der Waals surface area contributed by atoms with Gasteiger partial charge in [-0.25, -0.2) is 0 Å². The SMILES string of the molecule is Cc1ccncc1C(=O)N1CCn2nc(C(=O)NC(C)C)cc2C1. The molecule has 126 valence electrons.